The first-order chi connectivity index (χ1) is 11.0. The molecule has 3 heteroatoms. The van der Waals surface area contributed by atoms with Crippen LogP contribution < -0.4 is 10.1 Å². The number of hydrogen-bond donors (Lipinski definition) is 2. The van der Waals surface area contributed by atoms with Crippen molar-refractivity contribution in [2.24, 2.45) is 0 Å². The van der Waals surface area contributed by atoms with Crippen molar-refractivity contribution in [2.75, 3.05) is 26.3 Å². The van der Waals surface area contributed by atoms with Crippen LogP contribution in [-0.4, -0.2) is 31.4 Å². The Bertz CT molecular complexity index is 588. The second-order valence-corrected chi connectivity index (χ2v) is 6.30. The van der Waals surface area contributed by atoms with Crippen molar-refractivity contribution in [3.8, 4) is 5.75 Å². The third kappa shape index (κ3) is 6.20. The number of fused-ring (bicyclic) bond motifs is 1. The molecule has 0 aromatic heterocycles. The Morgan fingerprint density at radius 1 is 0.957 bits per heavy atom. The zero-order chi connectivity index (χ0) is 17.3. The maximum absolute atomic E-state index is 8.68. The van der Waals surface area contributed by atoms with Crippen LogP contribution in [0.5, 0.6) is 5.75 Å². The Morgan fingerprint density at radius 3 is 2.26 bits per heavy atom. The first kappa shape index (κ1) is 19.5. The predicted octanol–water partition coefficient (Wildman–Crippen LogP) is 4.12. The third-order valence-electron chi connectivity index (χ3n) is 3.51. The van der Waals surface area contributed by atoms with Gasteiger partial charge in [0, 0.05) is 13.1 Å². The molecule has 2 N–H and O–H groups in total. The van der Waals surface area contributed by atoms with Crippen LogP contribution in [-0.2, 0) is 5.41 Å². The van der Waals surface area contributed by atoms with Gasteiger partial charge in [0.1, 0.15) is 12.4 Å². The van der Waals surface area contributed by atoms with E-state index >= 15 is 0 Å². The highest BCUT2D eigenvalue weighted by Crippen LogP contribution is 2.28. The molecule has 2 aromatic rings. The molecule has 2 aromatic carbocycles. The number of ether oxygens (including phenoxy) is 1. The molecule has 0 amide bonds. The van der Waals surface area contributed by atoms with Gasteiger partial charge in [0.15, 0.2) is 0 Å². The Kier molecular flexibility index (Phi) is 8.07. The minimum atomic E-state index is 0.159. The summed E-state index contributed by atoms with van der Waals surface area (Å²) in [5.41, 5.74) is 1.51. The standard InChI is InChI=1S/C18H25NO2.C2H6/c1-18(2,3)16-6-4-15-13-17(7-5-14(15)12-16)21-11-9-19-8-10-20;1-2/h4-7,12-13,19-20H,8-11H2,1-3H3;1-2H3. The summed E-state index contributed by atoms with van der Waals surface area (Å²) in [5.74, 6) is 0.886. The van der Waals surface area contributed by atoms with Crippen LogP contribution in [0.4, 0.5) is 0 Å². The Hall–Kier alpha value is -1.58. The molecule has 0 unspecified atom stereocenters. The maximum Gasteiger partial charge on any atom is 0.120 e. The smallest absolute Gasteiger partial charge is 0.120 e. The molecule has 0 radical (unpaired) electrons. The van der Waals surface area contributed by atoms with E-state index < -0.39 is 0 Å². The zero-order valence-electron chi connectivity index (χ0n) is 15.1. The van der Waals surface area contributed by atoms with Crippen LogP contribution in [0.25, 0.3) is 10.8 Å². The summed E-state index contributed by atoms with van der Waals surface area (Å²) in [6.45, 7) is 12.8. The summed E-state index contributed by atoms with van der Waals surface area (Å²) in [6, 6.07) is 12.8. The van der Waals surface area contributed by atoms with E-state index in [2.05, 4.69) is 56.4 Å². The van der Waals surface area contributed by atoms with E-state index in [1.165, 1.54) is 16.3 Å². The van der Waals surface area contributed by atoms with Crippen molar-refractivity contribution in [3.63, 3.8) is 0 Å². The van der Waals surface area contributed by atoms with Crippen molar-refractivity contribution in [1.82, 2.24) is 5.32 Å². The Balaban J connectivity index is 0.00000127. The van der Waals surface area contributed by atoms with Gasteiger partial charge in [-0.25, -0.2) is 0 Å². The lowest BCUT2D eigenvalue weighted by Gasteiger charge is -2.19. The van der Waals surface area contributed by atoms with E-state index in [1.807, 2.05) is 19.9 Å². The Morgan fingerprint density at radius 2 is 1.61 bits per heavy atom. The van der Waals surface area contributed by atoms with Crippen molar-refractivity contribution >= 4 is 10.8 Å². The van der Waals surface area contributed by atoms with Crippen LogP contribution in [0.2, 0.25) is 0 Å². The van der Waals surface area contributed by atoms with Gasteiger partial charge in [0.05, 0.1) is 6.61 Å². The molecule has 0 bridgehead atoms. The predicted molar refractivity (Wildman–Crippen MR) is 99.4 cm³/mol. The number of hydrogen-bond acceptors (Lipinski definition) is 3. The quantitative estimate of drug-likeness (QED) is 0.787. The number of aliphatic hydroxyl groups is 1. The first-order valence-electron chi connectivity index (χ1n) is 8.49. The van der Waals surface area contributed by atoms with Gasteiger partial charge in [-0.3, -0.25) is 0 Å². The molecule has 0 saturated carbocycles. The van der Waals surface area contributed by atoms with Gasteiger partial charge in [0.25, 0.3) is 0 Å². The van der Waals surface area contributed by atoms with Gasteiger partial charge < -0.3 is 15.2 Å². The Labute approximate surface area is 140 Å². The van der Waals surface area contributed by atoms with E-state index in [1.54, 1.807) is 0 Å². The average molecular weight is 317 g/mol. The van der Waals surface area contributed by atoms with E-state index in [0.717, 1.165) is 12.3 Å². The molecule has 0 fully saturated rings. The summed E-state index contributed by atoms with van der Waals surface area (Å²) in [7, 11) is 0. The molecule has 23 heavy (non-hydrogen) atoms. The van der Waals surface area contributed by atoms with Crippen molar-refractivity contribution in [2.45, 2.75) is 40.0 Å². The summed E-state index contributed by atoms with van der Waals surface area (Å²) in [6.07, 6.45) is 0. The first-order valence-corrected chi connectivity index (χ1v) is 8.49. The minimum absolute atomic E-state index is 0.159. The molecule has 0 spiro atoms. The lowest BCUT2D eigenvalue weighted by Crippen LogP contribution is -2.23. The van der Waals surface area contributed by atoms with Crippen LogP contribution in [0, 0.1) is 0 Å². The normalized spacial score (nSPS) is 11.0. The summed E-state index contributed by atoms with van der Waals surface area (Å²) < 4.78 is 5.71. The molecule has 2 rings (SSSR count). The van der Waals surface area contributed by atoms with Crippen LogP contribution in [0.3, 0.4) is 0 Å². The molecule has 3 nitrogen and oxygen atoms in total. The number of aliphatic hydroxyl groups excluding tert-OH is 1. The topological polar surface area (TPSA) is 41.5 Å². The van der Waals surface area contributed by atoms with Gasteiger partial charge >= 0.3 is 0 Å². The molecular formula is C20H31NO2. The van der Waals surface area contributed by atoms with Crippen LogP contribution in [0.15, 0.2) is 36.4 Å². The fraction of sp³-hybridized carbons (Fsp3) is 0.500. The average Bonchev–Trinajstić information content (AvgIpc) is 2.55. The number of benzene rings is 2. The van der Waals surface area contributed by atoms with Crippen molar-refractivity contribution < 1.29 is 9.84 Å². The highest BCUT2D eigenvalue weighted by Gasteiger charge is 2.13. The summed E-state index contributed by atoms with van der Waals surface area (Å²) >= 11 is 0. The molecule has 0 heterocycles. The summed E-state index contributed by atoms with van der Waals surface area (Å²) in [5, 5.41) is 14.2. The molecule has 128 valence electrons. The summed E-state index contributed by atoms with van der Waals surface area (Å²) in [4.78, 5) is 0. The van der Waals surface area contributed by atoms with Gasteiger partial charge in [-0.1, -0.05) is 58.9 Å². The van der Waals surface area contributed by atoms with Crippen molar-refractivity contribution in [1.29, 1.82) is 0 Å². The second kappa shape index (κ2) is 9.53. The minimum Gasteiger partial charge on any atom is -0.492 e. The SMILES string of the molecule is CC.CC(C)(C)c1ccc2cc(OCCNCCO)ccc2c1. The lowest BCUT2D eigenvalue weighted by atomic mass is 9.86. The molecule has 0 aliphatic heterocycles. The highest BCUT2D eigenvalue weighted by molar-refractivity contribution is 5.84. The van der Waals surface area contributed by atoms with Gasteiger partial charge in [-0.15, -0.1) is 0 Å². The number of rotatable bonds is 6. The zero-order valence-corrected chi connectivity index (χ0v) is 15.1. The van der Waals surface area contributed by atoms with Crippen LogP contribution >= 0.6 is 0 Å². The monoisotopic (exact) mass is 317 g/mol. The molecule has 0 atom stereocenters. The van der Waals surface area contributed by atoms with E-state index in [0.29, 0.717) is 13.2 Å². The molecule has 0 aliphatic carbocycles. The molecular weight excluding hydrogens is 286 g/mol. The lowest BCUT2D eigenvalue weighted by molar-refractivity contribution is 0.276. The highest BCUT2D eigenvalue weighted by atomic mass is 16.5. The fourth-order valence-electron chi connectivity index (χ4n) is 2.23. The van der Waals surface area contributed by atoms with E-state index in [9.17, 15) is 0 Å². The largest absolute Gasteiger partial charge is 0.492 e. The van der Waals surface area contributed by atoms with E-state index in [4.69, 9.17) is 9.84 Å². The van der Waals surface area contributed by atoms with Gasteiger partial charge in [-0.2, -0.15) is 0 Å². The van der Waals surface area contributed by atoms with Gasteiger partial charge in [0.2, 0.25) is 0 Å². The molecule has 0 saturated heterocycles. The maximum atomic E-state index is 8.68. The molecule has 0 aliphatic rings. The second-order valence-electron chi connectivity index (χ2n) is 6.30. The van der Waals surface area contributed by atoms with Crippen LogP contribution in [0.1, 0.15) is 40.2 Å². The van der Waals surface area contributed by atoms with Crippen molar-refractivity contribution in [3.05, 3.63) is 42.0 Å². The number of nitrogens with one attached hydrogen (secondary N) is 1. The van der Waals surface area contributed by atoms with Gasteiger partial charge in [-0.05, 0) is 33.9 Å². The van der Waals surface area contributed by atoms with E-state index in [-0.39, 0.29) is 12.0 Å². The fourth-order valence-corrected chi connectivity index (χ4v) is 2.23. The third-order valence-corrected chi connectivity index (χ3v) is 3.51.